The molecule has 23 heavy (non-hydrogen) atoms. The van der Waals surface area contributed by atoms with Gasteiger partial charge in [0, 0.05) is 18.7 Å². The van der Waals surface area contributed by atoms with Gasteiger partial charge in [-0.05, 0) is 24.5 Å². The fraction of sp³-hybridized carbons (Fsp3) is 0.375. The Morgan fingerprint density at radius 2 is 2.09 bits per heavy atom. The van der Waals surface area contributed by atoms with Crippen LogP contribution in [-0.4, -0.2) is 33.2 Å². The molecule has 1 aromatic heterocycles. The van der Waals surface area contributed by atoms with Gasteiger partial charge in [-0.1, -0.05) is 25.1 Å². The molecule has 1 atom stereocenters. The van der Waals surface area contributed by atoms with Gasteiger partial charge in [0.25, 0.3) is 0 Å². The summed E-state index contributed by atoms with van der Waals surface area (Å²) in [4.78, 5) is 26.5. The molecule has 2 aromatic rings. The minimum Gasteiger partial charge on any atom is -0.311 e. The van der Waals surface area contributed by atoms with Crippen molar-refractivity contribution in [2.24, 2.45) is 5.92 Å². The third-order valence-electron chi connectivity index (χ3n) is 4.13. The van der Waals surface area contributed by atoms with Gasteiger partial charge in [-0.15, -0.1) is 10.2 Å². The first-order valence-electron chi connectivity index (χ1n) is 7.64. The Labute approximate surface area is 134 Å². The third-order valence-corrected chi connectivity index (χ3v) is 4.13. The third kappa shape index (κ3) is 2.94. The predicted octanol–water partition coefficient (Wildman–Crippen LogP) is 1.27. The van der Waals surface area contributed by atoms with E-state index in [0.717, 1.165) is 23.2 Å². The zero-order valence-electron chi connectivity index (χ0n) is 13.2. The Morgan fingerprint density at radius 3 is 2.78 bits per heavy atom. The number of benzene rings is 1. The molecule has 0 spiro atoms. The molecule has 3 rings (SSSR count). The molecule has 1 aromatic carbocycles. The molecule has 1 aliphatic heterocycles. The van der Waals surface area contributed by atoms with Gasteiger partial charge in [0.1, 0.15) is 12.7 Å². The molecule has 1 aliphatic rings. The number of nitrogens with zero attached hydrogens (tertiary/aromatic N) is 4. The molecule has 0 bridgehead atoms. The van der Waals surface area contributed by atoms with Crippen molar-refractivity contribution in [3.8, 4) is 0 Å². The number of anilines is 1. The quantitative estimate of drug-likeness (QED) is 0.922. The molecule has 1 fully saturated rings. The normalized spacial score (nSPS) is 17.6. The largest absolute Gasteiger partial charge is 0.311 e. The molecular formula is C16H19N5O2. The van der Waals surface area contributed by atoms with Crippen molar-refractivity contribution in [2.45, 2.75) is 26.7 Å². The van der Waals surface area contributed by atoms with Crippen LogP contribution in [0.3, 0.4) is 0 Å². The highest BCUT2D eigenvalue weighted by Crippen LogP contribution is 2.31. The van der Waals surface area contributed by atoms with Crippen molar-refractivity contribution in [1.29, 1.82) is 0 Å². The molecule has 0 radical (unpaired) electrons. The number of para-hydroxylation sites is 1. The molecule has 7 nitrogen and oxygen atoms in total. The Hall–Kier alpha value is -2.70. The second-order valence-electron chi connectivity index (χ2n) is 5.69. The van der Waals surface area contributed by atoms with Crippen LogP contribution in [0.4, 0.5) is 5.69 Å². The van der Waals surface area contributed by atoms with Crippen LogP contribution in [0.2, 0.25) is 0 Å². The summed E-state index contributed by atoms with van der Waals surface area (Å²) in [6, 6.07) is 6.01. The second-order valence-corrected chi connectivity index (χ2v) is 5.69. The standard InChI is InChI=1S/C16H19N5O2/c1-3-12-6-4-5-11(2)15(12)21-8-13(7-14(21)22)16(23)19-20-9-17-18-10-20/h4-6,9-10,13H,3,7-8H2,1-2H3,(H,19,23)/t13-/m1/s1. The van der Waals surface area contributed by atoms with Crippen molar-refractivity contribution in [1.82, 2.24) is 14.9 Å². The van der Waals surface area contributed by atoms with Crippen LogP contribution in [0.5, 0.6) is 0 Å². The minimum atomic E-state index is -0.380. The highest BCUT2D eigenvalue weighted by atomic mass is 16.2. The van der Waals surface area contributed by atoms with Crippen molar-refractivity contribution in [3.05, 3.63) is 42.0 Å². The molecule has 0 unspecified atom stereocenters. The Balaban J connectivity index is 1.79. The maximum Gasteiger partial charge on any atom is 0.244 e. The lowest BCUT2D eigenvalue weighted by Gasteiger charge is -2.22. The van der Waals surface area contributed by atoms with E-state index < -0.39 is 0 Å². The summed E-state index contributed by atoms with van der Waals surface area (Å²) in [6.07, 6.45) is 3.87. The number of carbonyl (C=O) groups excluding carboxylic acids is 2. The lowest BCUT2D eigenvalue weighted by Crippen LogP contribution is -2.32. The number of aromatic nitrogens is 3. The summed E-state index contributed by atoms with van der Waals surface area (Å²) in [7, 11) is 0. The zero-order chi connectivity index (χ0) is 16.4. The Morgan fingerprint density at radius 1 is 1.35 bits per heavy atom. The number of aryl methyl sites for hydroxylation is 2. The fourth-order valence-corrected chi connectivity index (χ4v) is 2.97. The molecule has 2 heterocycles. The number of hydrogen-bond acceptors (Lipinski definition) is 4. The number of carbonyl (C=O) groups is 2. The molecule has 2 amide bonds. The monoisotopic (exact) mass is 313 g/mol. The van der Waals surface area contributed by atoms with Crippen LogP contribution >= 0.6 is 0 Å². The number of rotatable bonds is 4. The van der Waals surface area contributed by atoms with Crippen molar-refractivity contribution in [3.63, 3.8) is 0 Å². The molecule has 7 heteroatoms. The first-order chi connectivity index (χ1) is 11.1. The van der Waals surface area contributed by atoms with E-state index in [2.05, 4.69) is 22.5 Å². The van der Waals surface area contributed by atoms with Crippen LogP contribution in [0.25, 0.3) is 0 Å². The van der Waals surface area contributed by atoms with E-state index in [0.29, 0.717) is 6.54 Å². The van der Waals surface area contributed by atoms with Crippen molar-refractivity contribution < 1.29 is 9.59 Å². The number of amides is 2. The van der Waals surface area contributed by atoms with Gasteiger partial charge in [0.2, 0.25) is 11.8 Å². The summed E-state index contributed by atoms with van der Waals surface area (Å²) >= 11 is 0. The number of hydrogen-bond donors (Lipinski definition) is 1. The predicted molar refractivity (Wildman–Crippen MR) is 85.4 cm³/mol. The van der Waals surface area contributed by atoms with E-state index in [-0.39, 0.29) is 24.2 Å². The Kier molecular flexibility index (Phi) is 4.10. The molecule has 0 saturated carbocycles. The first kappa shape index (κ1) is 15.2. The maximum absolute atomic E-state index is 12.4. The highest BCUT2D eigenvalue weighted by Gasteiger charge is 2.36. The summed E-state index contributed by atoms with van der Waals surface area (Å²) in [5, 5.41) is 7.27. The van der Waals surface area contributed by atoms with E-state index in [1.54, 1.807) is 4.90 Å². The SMILES string of the molecule is CCc1cccc(C)c1N1C[C@H](C(=O)Nn2cnnc2)CC1=O. The molecule has 0 aliphatic carbocycles. The van der Waals surface area contributed by atoms with Gasteiger partial charge in [0.05, 0.1) is 5.92 Å². The van der Waals surface area contributed by atoms with Crippen LogP contribution in [0.15, 0.2) is 30.9 Å². The van der Waals surface area contributed by atoms with Gasteiger partial charge in [0.15, 0.2) is 0 Å². The average molecular weight is 313 g/mol. The molecular weight excluding hydrogens is 294 g/mol. The average Bonchev–Trinajstić information content (AvgIpc) is 3.16. The zero-order valence-corrected chi connectivity index (χ0v) is 13.2. The number of nitrogens with one attached hydrogen (secondary N) is 1. The molecule has 1 N–H and O–H groups in total. The smallest absolute Gasteiger partial charge is 0.244 e. The lowest BCUT2D eigenvalue weighted by atomic mass is 10.0. The van der Waals surface area contributed by atoms with Crippen LogP contribution < -0.4 is 10.3 Å². The van der Waals surface area contributed by atoms with Gasteiger partial charge < -0.3 is 4.90 Å². The first-order valence-corrected chi connectivity index (χ1v) is 7.64. The Bertz CT molecular complexity index is 726. The van der Waals surface area contributed by atoms with E-state index in [9.17, 15) is 9.59 Å². The highest BCUT2D eigenvalue weighted by molar-refractivity contribution is 6.02. The molecule has 1 saturated heterocycles. The van der Waals surface area contributed by atoms with Gasteiger partial charge in [-0.2, -0.15) is 0 Å². The minimum absolute atomic E-state index is 0.0158. The van der Waals surface area contributed by atoms with Crippen LogP contribution in [-0.2, 0) is 16.0 Å². The summed E-state index contributed by atoms with van der Waals surface area (Å²) in [6.45, 7) is 4.45. The van der Waals surface area contributed by atoms with Gasteiger partial charge >= 0.3 is 0 Å². The van der Waals surface area contributed by atoms with E-state index in [1.807, 2.05) is 25.1 Å². The van der Waals surface area contributed by atoms with Gasteiger partial charge in [-0.3, -0.25) is 15.0 Å². The van der Waals surface area contributed by atoms with E-state index in [4.69, 9.17) is 0 Å². The fourth-order valence-electron chi connectivity index (χ4n) is 2.97. The van der Waals surface area contributed by atoms with E-state index in [1.165, 1.54) is 17.3 Å². The lowest BCUT2D eigenvalue weighted by molar-refractivity contribution is -0.123. The van der Waals surface area contributed by atoms with Crippen molar-refractivity contribution in [2.75, 3.05) is 16.9 Å². The van der Waals surface area contributed by atoms with Crippen LogP contribution in [0, 0.1) is 12.8 Å². The molecule has 120 valence electrons. The topological polar surface area (TPSA) is 80.1 Å². The van der Waals surface area contributed by atoms with Gasteiger partial charge in [-0.25, -0.2) is 4.68 Å². The summed E-state index contributed by atoms with van der Waals surface area (Å²) in [5.74, 6) is -0.598. The van der Waals surface area contributed by atoms with Crippen LogP contribution in [0.1, 0.15) is 24.5 Å². The van der Waals surface area contributed by atoms with E-state index >= 15 is 0 Å². The maximum atomic E-state index is 12.4. The summed E-state index contributed by atoms with van der Waals surface area (Å²) < 4.78 is 1.39. The van der Waals surface area contributed by atoms with Crippen molar-refractivity contribution >= 4 is 17.5 Å². The second kappa shape index (κ2) is 6.20. The summed E-state index contributed by atoms with van der Waals surface area (Å²) in [5.41, 5.74) is 5.79.